The van der Waals surface area contributed by atoms with Crippen molar-refractivity contribution < 1.29 is 18.9 Å². The average molecular weight is 333 g/mol. The fraction of sp³-hybridized carbons (Fsp3) is 0.947. The normalized spacial score (nSPS) is 48.7. The van der Waals surface area contributed by atoms with E-state index in [9.17, 15) is 0 Å². The van der Waals surface area contributed by atoms with Crippen molar-refractivity contribution in [3.8, 4) is 6.07 Å². The number of nitrogens with zero attached hydrogens (tertiary/aromatic N) is 1. The van der Waals surface area contributed by atoms with Crippen molar-refractivity contribution in [2.45, 2.75) is 113 Å². The van der Waals surface area contributed by atoms with Crippen LogP contribution in [-0.4, -0.2) is 41.9 Å². The van der Waals surface area contributed by atoms with Crippen molar-refractivity contribution >= 4 is 0 Å². The number of rotatable bonds is 2. The zero-order chi connectivity index (χ0) is 16.2. The van der Waals surface area contributed by atoms with E-state index in [0.29, 0.717) is 6.42 Å². The Hall–Kier alpha value is -0.670. The van der Waals surface area contributed by atoms with E-state index in [1.807, 2.05) is 0 Å². The summed E-state index contributed by atoms with van der Waals surface area (Å²) < 4.78 is 25.9. The Labute approximate surface area is 143 Å². The average Bonchev–Trinajstić information content (AvgIpc) is 3.09. The largest absolute Gasteiger partial charge is 0.369 e. The van der Waals surface area contributed by atoms with Crippen LogP contribution in [0.25, 0.3) is 0 Å². The second-order valence-corrected chi connectivity index (χ2v) is 8.36. The first-order valence-electron chi connectivity index (χ1n) is 9.78. The van der Waals surface area contributed by atoms with Crippen LogP contribution < -0.4 is 0 Å². The van der Waals surface area contributed by atoms with Gasteiger partial charge in [-0.05, 0) is 32.1 Å². The van der Waals surface area contributed by atoms with Gasteiger partial charge >= 0.3 is 0 Å². The lowest BCUT2D eigenvalue weighted by Gasteiger charge is -2.44. The van der Waals surface area contributed by atoms with Gasteiger partial charge in [-0.15, -0.1) is 0 Å². The molecular weight excluding hydrogens is 306 g/mol. The molecule has 5 fully saturated rings. The molecular formula is C19H27NO4. The van der Waals surface area contributed by atoms with E-state index in [2.05, 4.69) is 6.07 Å². The molecule has 5 heteroatoms. The highest BCUT2D eigenvalue weighted by Gasteiger charge is 2.65. The molecule has 5 aliphatic rings. The summed E-state index contributed by atoms with van der Waals surface area (Å²) >= 11 is 0. The molecule has 0 aromatic carbocycles. The first-order valence-corrected chi connectivity index (χ1v) is 9.78. The van der Waals surface area contributed by atoms with Gasteiger partial charge in [0.05, 0.1) is 36.1 Å². The molecule has 5 nitrogen and oxygen atoms in total. The molecule has 0 N–H and O–H groups in total. The monoisotopic (exact) mass is 333 g/mol. The summed E-state index contributed by atoms with van der Waals surface area (Å²) in [7, 11) is 0. The van der Waals surface area contributed by atoms with Gasteiger partial charge in [-0.2, -0.15) is 5.26 Å². The highest BCUT2D eigenvalue weighted by Crippen LogP contribution is 2.55. The molecule has 2 spiro atoms. The van der Waals surface area contributed by atoms with E-state index < -0.39 is 0 Å². The van der Waals surface area contributed by atoms with Gasteiger partial charge in [-0.3, -0.25) is 0 Å². The minimum Gasteiger partial charge on any atom is -0.369 e. The first kappa shape index (κ1) is 15.6. The lowest BCUT2D eigenvalue weighted by atomic mass is 9.76. The van der Waals surface area contributed by atoms with Crippen LogP contribution >= 0.6 is 0 Å². The van der Waals surface area contributed by atoms with E-state index in [-0.39, 0.29) is 41.9 Å². The predicted molar refractivity (Wildman–Crippen MR) is 85.1 cm³/mol. The maximum atomic E-state index is 8.86. The van der Waals surface area contributed by atoms with Crippen molar-refractivity contribution in [3.05, 3.63) is 0 Å². The quantitative estimate of drug-likeness (QED) is 0.776. The molecule has 0 aromatic rings. The van der Waals surface area contributed by atoms with Gasteiger partial charge in [0.25, 0.3) is 0 Å². The van der Waals surface area contributed by atoms with Crippen molar-refractivity contribution in [2.24, 2.45) is 0 Å². The van der Waals surface area contributed by atoms with E-state index in [1.165, 1.54) is 19.3 Å². The molecule has 5 rings (SSSR count). The third kappa shape index (κ3) is 2.34. The van der Waals surface area contributed by atoms with Crippen LogP contribution in [0.1, 0.15) is 70.6 Å². The number of ether oxygens (including phenoxy) is 4. The second-order valence-electron chi connectivity index (χ2n) is 8.36. The van der Waals surface area contributed by atoms with Crippen molar-refractivity contribution in [2.75, 3.05) is 0 Å². The molecule has 0 amide bonds. The lowest BCUT2D eigenvalue weighted by molar-refractivity contribution is -0.215. The molecule has 3 heterocycles. The van der Waals surface area contributed by atoms with E-state index in [1.54, 1.807) is 0 Å². The van der Waals surface area contributed by atoms with Crippen LogP contribution in [0.3, 0.4) is 0 Å². The highest BCUT2D eigenvalue weighted by atomic mass is 16.8. The molecule has 3 saturated heterocycles. The predicted octanol–water partition coefficient (Wildman–Crippen LogP) is 3.21. The third-order valence-corrected chi connectivity index (χ3v) is 6.81. The van der Waals surface area contributed by atoms with Crippen LogP contribution in [0.2, 0.25) is 0 Å². The van der Waals surface area contributed by atoms with Gasteiger partial charge < -0.3 is 18.9 Å². The molecule has 24 heavy (non-hydrogen) atoms. The Morgan fingerprint density at radius 1 is 0.958 bits per heavy atom. The molecule has 2 bridgehead atoms. The zero-order valence-electron chi connectivity index (χ0n) is 14.2. The Kier molecular flexibility index (Phi) is 3.68. The number of hydrogen-bond acceptors (Lipinski definition) is 5. The Morgan fingerprint density at radius 3 is 2.62 bits per heavy atom. The molecule has 132 valence electrons. The molecule has 2 saturated carbocycles. The summed E-state index contributed by atoms with van der Waals surface area (Å²) in [4.78, 5) is 0. The molecule has 0 radical (unpaired) electrons. The summed E-state index contributed by atoms with van der Waals surface area (Å²) in [5, 5.41) is 8.86. The van der Waals surface area contributed by atoms with Crippen LogP contribution in [0.4, 0.5) is 0 Å². The van der Waals surface area contributed by atoms with Crippen molar-refractivity contribution in [3.63, 3.8) is 0 Å². The molecule has 6 atom stereocenters. The fourth-order valence-corrected chi connectivity index (χ4v) is 5.76. The van der Waals surface area contributed by atoms with E-state index in [4.69, 9.17) is 24.2 Å². The summed E-state index contributed by atoms with van der Waals surface area (Å²) in [6, 6.07) is 2.25. The molecule has 0 aromatic heterocycles. The zero-order valence-corrected chi connectivity index (χ0v) is 14.2. The minimum absolute atomic E-state index is 0.0838. The summed E-state index contributed by atoms with van der Waals surface area (Å²) in [5.41, 5.74) is -0.201. The van der Waals surface area contributed by atoms with Gasteiger partial charge in [-0.1, -0.05) is 6.42 Å². The SMILES string of the molecule is N#CCCC1CCC2O[C@@H]3CC2(C[C@H]2OC4(CCCCC4)O[C@@H]32)O1. The number of fused-ring (bicyclic) bond motifs is 3. The second kappa shape index (κ2) is 5.67. The Morgan fingerprint density at radius 2 is 1.79 bits per heavy atom. The minimum atomic E-state index is -0.345. The Bertz CT molecular complexity index is 540. The van der Waals surface area contributed by atoms with Gasteiger partial charge in [-0.25, -0.2) is 0 Å². The Balaban J connectivity index is 1.33. The molecule has 3 unspecified atom stereocenters. The van der Waals surface area contributed by atoms with Gasteiger partial charge in [0.1, 0.15) is 6.10 Å². The highest BCUT2D eigenvalue weighted by molar-refractivity contribution is 5.12. The number of hydrogen-bond donors (Lipinski definition) is 0. The van der Waals surface area contributed by atoms with Crippen molar-refractivity contribution in [1.82, 2.24) is 0 Å². The summed E-state index contributed by atoms with van der Waals surface area (Å²) in [5.74, 6) is -0.345. The molecule has 3 aliphatic heterocycles. The summed E-state index contributed by atoms with van der Waals surface area (Å²) in [6.07, 6.45) is 11.7. The number of nitriles is 1. The lowest BCUT2D eigenvalue weighted by Crippen LogP contribution is -2.53. The molecule has 2 aliphatic carbocycles. The van der Waals surface area contributed by atoms with E-state index in [0.717, 1.165) is 44.9 Å². The van der Waals surface area contributed by atoms with Crippen LogP contribution in [0.5, 0.6) is 0 Å². The van der Waals surface area contributed by atoms with Gasteiger partial charge in [0, 0.05) is 32.1 Å². The maximum absolute atomic E-state index is 8.86. The smallest absolute Gasteiger partial charge is 0.169 e. The fourth-order valence-electron chi connectivity index (χ4n) is 5.76. The van der Waals surface area contributed by atoms with Crippen LogP contribution in [0, 0.1) is 11.3 Å². The maximum Gasteiger partial charge on any atom is 0.169 e. The summed E-state index contributed by atoms with van der Waals surface area (Å²) in [6.45, 7) is 0. The van der Waals surface area contributed by atoms with Gasteiger partial charge in [0.15, 0.2) is 5.79 Å². The topological polar surface area (TPSA) is 60.7 Å². The van der Waals surface area contributed by atoms with Crippen molar-refractivity contribution in [1.29, 1.82) is 5.26 Å². The first-order chi connectivity index (χ1) is 11.7. The van der Waals surface area contributed by atoms with Crippen LogP contribution in [-0.2, 0) is 18.9 Å². The van der Waals surface area contributed by atoms with E-state index >= 15 is 0 Å². The van der Waals surface area contributed by atoms with Crippen LogP contribution in [0.15, 0.2) is 0 Å². The van der Waals surface area contributed by atoms with Gasteiger partial charge in [0.2, 0.25) is 0 Å². The third-order valence-electron chi connectivity index (χ3n) is 6.81. The standard InChI is InChI=1S/C19H27NO4/c20-10-4-5-13-6-7-16-18(22-13)11-14(21-16)17-15(12-18)23-19(24-17)8-2-1-3-9-19/h13-17H,1-9,11-12H2/t13?,14-,15-,16?,17+,18?/m1/s1.